The van der Waals surface area contributed by atoms with Crippen LogP contribution in [0.3, 0.4) is 0 Å². The second-order valence-corrected chi connectivity index (χ2v) is 2.76. The van der Waals surface area contributed by atoms with Crippen molar-refractivity contribution in [2.75, 3.05) is 0 Å². The van der Waals surface area contributed by atoms with Crippen molar-refractivity contribution in [2.45, 2.75) is 47.0 Å². The van der Waals surface area contributed by atoms with Gasteiger partial charge < -0.3 is 0 Å². The molecule has 0 amide bonds. The van der Waals surface area contributed by atoms with Crippen LogP contribution in [0.4, 0.5) is 0 Å². The lowest BCUT2D eigenvalue weighted by Crippen LogP contribution is -1.89. The third kappa shape index (κ3) is 4.66. The number of aromatic nitrogens is 1. The smallest absolute Gasteiger partial charge is 0.0403 e. The first kappa shape index (κ1) is 12.2. The minimum absolute atomic E-state index is 1.08. The molecule has 0 aliphatic heterocycles. The van der Waals surface area contributed by atoms with Crippen LogP contribution in [-0.2, 0) is 12.8 Å². The Morgan fingerprint density at radius 1 is 1.15 bits per heavy atom. The molecule has 0 N–H and O–H groups in total. The molecule has 0 unspecified atom stereocenters. The van der Waals surface area contributed by atoms with Gasteiger partial charge in [0.15, 0.2) is 0 Å². The van der Waals surface area contributed by atoms with Gasteiger partial charge in [0, 0.05) is 11.9 Å². The van der Waals surface area contributed by atoms with Gasteiger partial charge in [-0.1, -0.05) is 40.2 Å². The molecule has 1 aromatic rings. The van der Waals surface area contributed by atoms with E-state index in [0.717, 1.165) is 12.8 Å². The summed E-state index contributed by atoms with van der Waals surface area (Å²) >= 11 is 0. The Morgan fingerprint density at radius 2 is 1.85 bits per heavy atom. The number of aryl methyl sites for hydroxylation is 2. The summed E-state index contributed by atoms with van der Waals surface area (Å²) in [6, 6.07) is 4.29. The molecule has 74 valence electrons. The lowest BCUT2D eigenvalue weighted by atomic mass is 10.2. The lowest BCUT2D eigenvalue weighted by molar-refractivity contribution is 0.877. The van der Waals surface area contributed by atoms with Crippen LogP contribution in [0.25, 0.3) is 0 Å². The van der Waals surface area contributed by atoms with Gasteiger partial charge in [-0.05, 0) is 24.5 Å². The molecule has 0 radical (unpaired) electrons. The normalized spacial score (nSPS) is 8.92. The van der Waals surface area contributed by atoms with Crippen LogP contribution in [0, 0.1) is 0 Å². The zero-order chi connectivity index (χ0) is 10.1. The molecule has 1 nitrogen and oxygen atoms in total. The van der Waals surface area contributed by atoms with Crippen molar-refractivity contribution in [3.05, 3.63) is 29.6 Å². The highest BCUT2D eigenvalue weighted by Crippen LogP contribution is 2.02. The summed E-state index contributed by atoms with van der Waals surface area (Å²) in [6.07, 6.45) is 5.34. The summed E-state index contributed by atoms with van der Waals surface area (Å²) in [5, 5.41) is 0. The largest absolute Gasteiger partial charge is 0.261 e. The fourth-order valence-electron chi connectivity index (χ4n) is 1.07. The maximum Gasteiger partial charge on any atom is 0.0403 e. The van der Waals surface area contributed by atoms with Crippen molar-refractivity contribution in [3.8, 4) is 0 Å². The van der Waals surface area contributed by atoms with E-state index in [0.29, 0.717) is 0 Å². The molecule has 0 atom stereocenters. The Labute approximate surface area is 82.2 Å². The Hall–Kier alpha value is -0.850. The average Bonchev–Trinajstić information content (AvgIpc) is 2.23. The minimum Gasteiger partial charge on any atom is -0.261 e. The van der Waals surface area contributed by atoms with Gasteiger partial charge in [-0.25, -0.2) is 0 Å². The molecule has 1 rings (SSSR count). The van der Waals surface area contributed by atoms with Crippen LogP contribution in [0.2, 0.25) is 0 Å². The maximum atomic E-state index is 4.34. The van der Waals surface area contributed by atoms with Gasteiger partial charge in [0.05, 0.1) is 0 Å². The molecule has 0 aliphatic rings. The molecule has 0 spiro atoms. The second-order valence-electron chi connectivity index (χ2n) is 2.76. The van der Waals surface area contributed by atoms with Gasteiger partial charge in [-0.3, -0.25) is 4.98 Å². The maximum absolute atomic E-state index is 4.34. The van der Waals surface area contributed by atoms with Crippen molar-refractivity contribution in [3.63, 3.8) is 0 Å². The number of rotatable bonds is 3. The first-order chi connectivity index (χ1) is 6.36. The molecule has 0 bridgehead atoms. The van der Waals surface area contributed by atoms with Crippen LogP contribution >= 0.6 is 0 Å². The van der Waals surface area contributed by atoms with E-state index in [1.807, 2.05) is 20.0 Å². The van der Waals surface area contributed by atoms with Gasteiger partial charge in [-0.15, -0.1) is 0 Å². The van der Waals surface area contributed by atoms with Gasteiger partial charge in [0.25, 0.3) is 0 Å². The second kappa shape index (κ2) is 7.78. The van der Waals surface area contributed by atoms with Crippen LogP contribution in [0.1, 0.15) is 45.4 Å². The van der Waals surface area contributed by atoms with Gasteiger partial charge in [0.2, 0.25) is 0 Å². The molecule has 0 aliphatic carbocycles. The predicted molar refractivity (Wildman–Crippen MR) is 59.0 cm³/mol. The van der Waals surface area contributed by atoms with E-state index in [9.17, 15) is 0 Å². The zero-order valence-electron chi connectivity index (χ0n) is 9.30. The van der Waals surface area contributed by atoms with Crippen molar-refractivity contribution < 1.29 is 0 Å². The van der Waals surface area contributed by atoms with Crippen molar-refractivity contribution >= 4 is 0 Å². The molecule has 1 heteroatoms. The summed E-state index contributed by atoms with van der Waals surface area (Å²) < 4.78 is 0. The van der Waals surface area contributed by atoms with Crippen molar-refractivity contribution in [1.82, 2.24) is 4.98 Å². The number of nitrogens with zero attached hydrogens (tertiary/aromatic N) is 1. The van der Waals surface area contributed by atoms with Crippen molar-refractivity contribution in [2.24, 2.45) is 0 Å². The minimum atomic E-state index is 1.08. The highest BCUT2D eigenvalue weighted by atomic mass is 14.7. The van der Waals surface area contributed by atoms with Gasteiger partial charge in [0.1, 0.15) is 0 Å². The summed E-state index contributed by atoms with van der Waals surface area (Å²) in [7, 11) is 0. The van der Waals surface area contributed by atoms with E-state index in [4.69, 9.17) is 0 Å². The number of hydrogen-bond donors (Lipinski definition) is 0. The number of hydrogen-bond acceptors (Lipinski definition) is 1. The van der Waals surface area contributed by atoms with Crippen LogP contribution in [0.15, 0.2) is 18.3 Å². The quantitative estimate of drug-likeness (QED) is 0.690. The van der Waals surface area contributed by atoms with Crippen molar-refractivity contribution in [1.29, 1.82) is 0 Å². The molecule has 0 aromatic carbocycles. The fraction of sp³-hybridized carbons (Fsp3) is 0.583. The van der Waals surface area contributed by atoms with E-state index in [2.05, 4.69) is 31.0 Å². The molecule has 0 fully saturated rings. The van der Waals surface area contributed by atoms with Crippen LogP contribution in [0.5, 0.6) is 0 Å². The Morgan fingerprint density at radius 3 is 2.23 bits per heavy atom. The third-order valence-electron chi connectivity index (χ3n) is 1.80. The zero-order valence-corrected chi connectivity index (χ0v) is 9.30. The summed E-state index contributed by atoms with van der Waals surface area (Å²) in [5.41, 5.74) is 2.54. The standard InChI is InChI=1S/C10H15N.C2H6/c1-3-5-10-7-6-9(4-2)8-11-10;1-2/h6-8H,3-5H2,1-2H3;1-2H3. The third-order valence-corrected chi connectivity index (χ3v) is 1.80. The molecular weight excluding hydrogens is 158 g/mol. The van der Waals surface area contributed by atoms with E-state index in [-0.39, 0.29) is 0 Å². The van der Waals surface area contributed by atoms with Crippen LogP contribution < -0.4 is 0 Å². The fourth-order valence-corrected chi connectivity index (χ4v) is 1.07. The molecule has 1 aromatic heterocycles. The number of pyridine rings is 1. The Kier molecular flexibility index (Phi) is 7.27. The van der Waals surface area contributed by atoms with Gasteiger partial charge in [-0.2, -0.15) is 0 Å². The first-order valence-electron chi connectivity index (χ1n) is 5.30. The van der Waals surface area contributed by atoms with Crippen LogP contribution in [-0.4, -0.2) is 4.98 Å². The molecule has 13 heavy (non-hydrogen) atoms. The molecule has 0 saturated carbocycles. The summed E-state index contributed by atoms with van der Waals surface area (Å²) in [5.74, 6) is 0. The lowest BCUT2D eigenvalue weighted by Gasteiger charge is -1.98. The SMILES string of the molecule is CC.CCCc1ccc(CC)cn1. The van der Waals surface area contributed by atoms with E-state index >= 15 is 0 Å². The van der Waals surface area contributed by atoms with E-state index in [1.54, 1.807) is 0 Å². The summed E-state index contributed by atoms with van der Waals surface area (Å²) in [6.45, 7) is 8.33. The molecular formula is C12H21N. The first-order valence-corrected chi connectivity index (χ1v) is 5.30. The van der Waals surface area contributed by atoms with Gasteiger partial charge >= 0.3 is 0 Å². The highest BCUT2D eigenvalue weighted by molar-refractivity contribution is 5.13. The molecule has 1 heterocycles. The monoisotopic (exact) mass is 179 g/mol. The van der Waals surface area contributed by atoms with E-state index < -0.39 is 0 Å². The molecule has 0 saturated heterocycles. The summed E-state index contributed by atoms with van der Waals surface area (Å²) in [4.78, 5) is 4.34. The predicted octanol–water partition coefficient (Wildman–Crippen LogP) is 3.62. The Bertz CT molecular complexity index is 201. The van der Waals surface area contributed by atoms with E-state index in [1.165, 1.54) is 17.7 Å². The highest BCUT2D eigenvalue weighted by Gasteiger charge is 1.92. The average molecular weight is 179 g/mol. The topological polar surface area (TPSA) is 12.9 Å². The Balaban J connectivity index is 0.000000671.